The Hall–Kier alpha value is -3.00. The highest BCUT2D eigenvalue weighted by molar-refractivity contribution is 8.00. The Morgan fingerprint density at radius 3 is 2.85 bits per heavy atom. The zero-order valence-electron chi connectivity index (χ0n) is 13.2. The van der Waals surface area contributed by atoms with Crippen molar-refractivity contribution < 1.29 is 18.0 Å². The zero-order chi connectivity index (χ0) is 18.1. The molecule has 1 amide bonds. The van der Waals surface area contributed by atoms with E-state index in [2.05, 4.69) is 15.3 Å². The molecule has 4 rings (SSSR count). The van der Waals surface area contributed by atoms with Crippen LogP contribution in [0.5, 0.6) is 0 Å². The Morgan fingerprint density at radius 1 is 1.15 bits per heavy atom. The average Bonchev–Trinajstić information content (AvgIpc) is 3.02. The summed E-state index contributed by atoms with van der Waals surface area (Å²) in [5.74, 6) is -1.99. The molecule has 2 heterocycles. The summed E-state index contributed by atoms with van der Waals surface area (Å²) in [6.07, 6.45) is 1.41. The highest BCUT2D eigenvalue weighted by Gasteiger charge is 2.15. The van der Waals surface area contributed by atoms with Gasteiger partial charge in [-0.3, -0.25) is 4.79 Å². The Kier molecular flexibility index (Phi) is 4.26. The predicted octanol–water partition coefficient (Wildman–Crippen LogP) is 4.39. The van der Waals surface area contributed by atoms with Gasteiger partial charge in [0.15, 0.2) is 5.58 Å². The van der Waals surface area contributed by atoms with E-state index in [1.54, 1.807) is 0 Å². The molecule has 0 aliphatic rings. The van der Waals surface area contributed by atoms with E-state index in [-0.39, 0.29) is 11.4 Å². The van der Waals surface area contributed by atoms with Gasteiger partial charge in [0.1, 0.15) is 34.1 Å². The van der Waals surface area contributed by atoms with Crippen LogP contribution in [0.2, 0.25) is 0 Å². The zero-order valence-corrected chi connectivity index (χ0v) is 14.0. The minimum absolute atomic E-state index is 0.0139. The first-order chi connectivity index (χ1) is 12.6. The van der Waals surface area contributed by atoms with Crippen molar-refractivity contribution in [3.63, 3.8) is 0 Å². The molecule has 8 heteroatoms. The molecule has 0 atom stereocenters. The van der Waals surface area contributed by atoms with E-state index >= 15 is 0 Å². The summed E-state index contributed by atoms with van der Waals surface area (Å²) < 4.78 is 32.3. The molecule has 0 aliphatic heterocycles. The van der Waals surface area contributed by atoms with Gasteiger partial charge in [0, 0.05) is 11.5 Å². The first-order valence-corrected chi connectivity index (χ1v) is 8.60. The summed E-state index contributed by atoms with van der Waals surface area (Å²) >= 11 is 1.15. The Morgan fingerprint density at radius 2 is 2.00 bits per heavy atom. The maximum Gasteiger partial charge on any atom is 0.234 e. The molecule has 0 saturated heterocycles. The fourth-order valence-corrected chi connectivity index (χ4v) is 3.25. The van der Waals surface area contributed by atoms with Gasteiger partial charge in [-0.05, 0) is 24.3 Å². The lowest BCUT2D eigenvalue weighted by molar-refractivity contribution is -0.113. The SMILES string of the molecule is O=C(CSc1ncnc2c1oc1ccccc12)Nc1ccc(F)cc1F. The smallest absolute Gasteiger partial charge is 0.234 e. The average molecular weight is 371 g/mol. The number of rotatable bonds is 4. The molecule has 0 radical (unpaired) electrons. The largest absolute Gasteiger partial charge is 0.451 e. The van der Waals surface area contributed by atoms with Crippen molar-refractivity contribution in [2.24, 2.45) is 0 Å². The summed E-state index contributed by atoms with van der Waals surface area (Å²) in [6.45, 7) is 0. The third-order valence-electron chi connectivity index (χ3n) is 3.67. The van der Waals surface area contributed by atoms with Crippen molar-refractivity contribution in [3.8, 4) is 0 Å². The van der Waals surface area contributed by atoms with Crippen LogP contribution in [0.1, 0.15) is 0 Å². The minimum Gasteiger partial charge on any atom is -0.451 e. The second-order valence-corrected chi connectivity index (χ2v) is 6.38. The molecule has 26 heavy (non-hydrogen) atoms. The second kappa shape index (κ2) is 6.72. The van der Waals surface area contributed by atoms with Crippen LogP contribution in [0.25, 0.3) is 22.1 Å². The maximum absolute atomic E-state index is 13.6. The summed E-state index contributed by atoms with van der Waals surface area (Å²) in [6, 6.07) is 10.4. The standard InChI is InChI=1S/C18H11F2N3O2S/c19-10-5-6-13(12(20)7-10)23-15(24)8-26-18-17-16(21-9-22-18)11-3-1-2-4-14(11)25-17/h1-7,9H,8H2,(H,23,24). The van der Waals surface area contributed by atoms with Crippen LogP contribution in [0.15, 0.2) is 58.2 Å². The van der Waals surface area contributed by atoms with Crippen molar-refractivity contribution >= 4 is 45.4 Å². The van der Waals surface area contributed by atoms with E-state index in [1.165, 1.54) is 12.4 Å². The van der Waals surface area contributed by atoms with E-state index in [4.69, 9.17) is 4.42 Å². The summed E-state index contributed by atoms with van der Waals surface area (Å²) in [4.78, 5) is 20.5. The van der Waals surface area contributed by atoms with Gasteiger partial charge in [0.25, 0.3) is 0 Å². The van der Waals surface area contributed by atoms with E-state index < -0.39 is 17.5 Å². The van der Waals surface area contributed by atoms with Crippen LogP contribution in [0, 0.1) is 11.6 Å². The second-order valence-electron chi connectivity index (χ2n) is 5.42. The fraction of sp³-hybridized carbons (Fsp3) is 0.0556. The third kappa shape index (κ3) is 3.11. The lowest BCUT2D eigenvalue weighted by Crippen LogP contribution is -2.15. The molecule has 5 nitrogen and oxygen atoms in total. The molecule has 0 aliphatic carbocycles. The number of carbonyl (C=O) groups excluding carboxylic acids is 1. The number of aromatic nitrogens is 2. The molecule has 0 fully saturated rings. The number of thioether (sulfide) groups is 1. The van der Waals surface area contributed by atoms with Gasteiger partial charge >= 0.3 is 0 Å². The number of anilines is 1. The molecule has 130 valence electrons. The molecule has 1 N–H and O–H groups in total. The van der Waals surface area contributed by atoms with Crippen LogP contribution in [0.4, 0.5) is 14.5 Å². The van der Waals surface area contributed by atoms with Crippen LogP contribution < -0.4 is 5.32 Å². The number of hydrogen-bond acceptors (Lipinski definition) is 5. The Labute approximate surface area is 150 Å². The number of hydrogen-bond donors (Lipinski definition) is 1. The number of nitrogens with zero attached hydrogens (tertiary/aromatic N) is 2. The molecule has 4 aromatic rings. The van der Waals surface area contributed by atoms with E-state index in [1.807, 2.05) is 24.3 Å². The van der Waals surface area contributed by atoms with Crippen molar-refractivity contribution in [3.05, 3.63) is 60.4 Å². The van der Waals surface area contributed by atoms with Gasteiger partial charge in [-0.2, -0.15) is 0 Å². The monoisotopic (exact) mass is 371 g/mol. The number of nitrogens with one attached hydrogen (secondary N) is 1. The number of amides is 1. The molecular weight excluding hydrogens is 360 g/mol. The number of benzene rings is 2. The van der Waals surface area contributed by atoms with E-state index in [0.29, 0.717) is 27.8 Å². The third-order valence-corrected chi connectivity index (χ3v) is 4.64. The van der Waals surface area contributed by atoms with Crippen molar-refractivity contribution in [1.29, 1.82) is 0 Å². The van der Waals surface area contributed by atoms with Gasteiger partial charge in [-0.1, -0.05) is 23.9 Å². The number of furan rings is 1. The van der Waals surface area contributed by atoms with Gasteiger partial charge in [-0.15, -0.1) is 0 Å². The fourth-order valence-electron chi connectivity index (χ4n) is 2.52. The molecule has 0 saturated carbocycles. The quantitative estimate of drug-likeness (QED) is 0.426. The predicted molar refractivity (Wildman–Crippen MR) is 95.0 cm³/mol. The highest BCUT2D eigenvalue weighted by Crippen LogP contribution is 2.32. The molecule has 0 unspecified atom stereocenters. The van der Waals surface area contributed by atoms with Gasteiger partial charge < -0.3 is 9.73 Å². The summed E-state index contributed by atoms with van der Waals surface area (Å²) in [5, 5.41) is 3.79. The molecule has 0 spiro atoms. The van der Waals surface area contributed by atoms with E-state index in [0.717, 1.165) is 23.2 Å². The first kappa shape index (κ1) is 16.5. The number of para-hydroxylation sites is 1. The van der Waals surface area contributed by atoms with Gasteiger partial charge in [0.05, 0.1) is 11.4 Å². The van der Waals surface area contributed by atoms with Crippen molar-refractivity contribution in [2.45, 2.75) is 5.03 Å². The Balaban J connectivity index is 1.53. The number of fused-ring (bicyclic) bond motifs is 3. The minimum atomic E-state index is -0.829. The first-order valence-electron chi connectivity index (χ1n) is 7.62. The summed E-state index contributed by atoms with van der Waals surface area (Å²) in [7, 11) is 0. The highest BCUT2D eigenvalue weighted by atomic mass is 32.2. The number of halogens is 2. The molecule has 2 aromatic carbocycles. The van der Waals surface area contributed by atoms with Crippen molar-refractivity contribution in [1.82, 2.24) is 9.97 Å². The van der Waals surface area contributed by atoms with Crippen molar-refractivity contribution in [2.75, 3.05) is 11.1 Å². The lowest BCUT2D eigenvalue weighted by Gasteiger charge is -2.06. The topological polar surface area (TPSA) is 68.0 Å². The molecule has 2 aromatic heterocycles. The molecular formula is C18H11F2N3O2S. The maximum atomic E-state index is 13.6. The van der Waals surface area contributed by atoms with E-state index in [9.17, 15) is 13.6 Å². The normalized spacial score (nSPS) is 11.2. The molecule has 0 bridgehead atoms. The Bertz CT molecular complexity index is 1130. The lowest BCUT2D eigenvalue weighted by atomic mass is 10.2. The number of carbonyl (C=O) groups is 1. The van der Waals surface area contributed by atoms with Crippen LogP contribution in [-0.2, 0) is 4.79 Å². The van der Waals surface area contributed by atoms with Crippen LogP contribution in [0.3, 0.4) is 0 Å². The van der Waals surface area contributed by atoms with Crippen LogP contribution in [-0.4, -0.2) is 21.6 Å². The summed E-state index contributed by atoms with van der Waals surface area (Å²) in [5.41, 5.74) is 1.78. The van der Waals surface area contributed by atoms with Gasteiger partial charge in [0.2, 0.25) is 5.91 Å². The van der Waals surface area contributed by atoms with Gasteiger partial charge in [-0.25, -0.2) is 18.7 Å². The van der Waals surface area contributed by atoms with Crippen LogP contribution >= 0.6 is 11.8 Å².